The highest BCUT2D eigenvalue weighted by atomic mass is 35.5. The Kier molecular flexibility index (Phi) is 7.32. The van der Waals surface area contributed by atoms with E-state index in [1.807, 2.05) is 28.3 Å². The van der Waals surface area contributed by atoms with E-state index in [4.69, 9.17) is 20.6 Å². The molecule has 1 unspecified atom stereocenters. The average molecular weight is 518 g/mol. The highest BCUT2D eigenvalue weighted by Gasteiger charge is 2.21. The van der Waals surface area contributed by atoms with Gasteiger partial charge in [0.05, 0.1) is 23.0 Å². The monoisotopic (exact) mass is 517 g/mol. The van der Waals surface area contributed by atoms with Gasteiger partial charge in [0.2, 0.25) is 11.8 Å². The number of benzene rings is 2. The molecule has 2 aromatic heterocycles. The van der Waals surface area contributed by atoms with Crippen molar-refractivity contribution in [1.29, 1.82) is 0 Å². The number of aromatic nitrogens is 1. The summed E-state index contributed by atoms with van der Waals surface area (Å²) in [5.41, 5.74) is 2.20. The van der Waals surface area contributed by atoms with Crippen molar-refractivity contribution in [3.63, 3.8) is 0 Å². The smallest absolute Gasteiger partial charge is 0.357 e. The maximum atomic E-state index is 12.9. The summed E-state index contributed by atoms with van der Waals surface area (Å²) in [5.74, 6) is 0.209. The fraction of sp³-hybridized carbons (Fsp3) is 0.130. The van der Waals surface area contributed by atoms with Crippen molar-refractivity contribution in [2.45, 2.75) is 18.9 Å². The Morgan fingerprint density at radius 3 is 2.65 bits per heavy atom. The predicted molar refractivity (Wildman–Crippen MR) is 131 cm³/mol. The van der Waals surface area contributed by atoms with E-state index in [0.29, 0.717) is 28.6 Å². The molecule has 8 nitrogen and oxygen atoms in total. The van der Waals surface area contributed by atoms with Crippen molar-refractivity contribution in [1.82, 2.24) is 10.3 Å². The van der Waals surface area contributed by atoms with Crippen LogP contribution in [0.25, 0.3) is 10.8 Å². The number of amides is 1. The van der Waals surface area contributed by atoms with Crippen molar-refractivity contribution in [3.8, 4) is 10.8 Å². The maximum Gasteiger partial charge on any atom is 0.357 e. The molecule has 0 bridgehead atoms. The molecule has 2 heterocycles. The lowest BCUT2D eigenvalue weighted by molar-refractivity contribution is -0.121. The Bertz CT molecular complexity index is 1390. The first-order valence-corrected chi connectivity index (χ1v) is 12.8. The van der Waals surface area contributed by atoms with Gasteiger partial charge in [-0.2, -0.15) is 8.42 Å². The van der Waals surface area contributed by atoms with Gasteiger partial charge < -0.3 is 9.73 Å². The highest BCUT2D eigenvalue weighted by Crippen LogP contribution is 2.27. The van der Waals surface area contributed by atoms with Gasteiger partial charge in [0.15, 0.2) is 0 Å². The summed E-state index contributed by atoms with van der Waals surface area (Å²) in [4.78, 5) is 18.3. The van der Waals surface area contributed by atoms with E-state index in [1.54, 1.807) is 36.4 Å². The van der Waals surface area contributed by atoms with Crippen molar-refractivity contribution >= 4 is 44.8 Å². The topological polar surface area (TPSA) is 122 Å². The fourth-order valence-corrected chi connectivity index (χ4v) is 4.71. The van der Waals surface area contributed by atoms with Gasteiger partial charge in [0.25, 0.3) is 0 Å². The van der Waals surface area contributed by atoms with Crippen LogP contribution in [0.4, 0.5) is 5.69 Å². The summed E-state index contributed by atoms with van der Waals surface area (Å²) in [5, 5.41) is 5.44. The summed E-state index contributed by atoms with van der Waals surface area (Å²) in [6.07, 6.45) is 1.93. The van der Waals surface area contributed by atoms with Gasteiger partial charge in [-0.1, -0.05) is 41.9 Å². The molecule has 4 rings (SSSR count). The number of hydrogen-bond acceptors (Lipinski definition) is 6. The number of anilines is 1. The van der Waals surface area contributed by atoms with Gasteiger partial charge in [-0.05, 0) is 53.3 Å². The maximum absolute atomic E-state index is 12.9. The largest absolute Gasteiger partial charge is 0.443 e. The van der Waals surface area contributed by atoms with Crippen LogP contribution >= 0.6 is 22.9 Å². The average Bonchev–Trinajstić information content (AvgIpc) is 3.44. The fourth-order valence-electron chi connectivity index (χ4n) is 3.41. The summed E-state index contributed by atoms with van der Waals surface area (Å²) in [6, 6.07) is 16.8. The summed E-state index contributed by atoms with van der Waals surface area (Å²) >= 11 is 7.51. The molecular weight excluding hydrogens is 498 g/mol. The summed E-state index contributed by atoms with van der Waals surface area (Å²) in [6.45, 7) is 0. The minimum Gasteiger partial charge on any atom is -0.443 e. The van der Waals surface area contributed by atoms with E-state index in [1.165, 1.54) is 23.7 Å². The second-order valence-corrected chi connectivity index (χ2v) is 10.0. The zero-order valence-electron chi connectivity index (χ0n) is 17.6. The number of halogens is 1. The van der Waals surface area contributed by atoms with Gasteiger partial charge in [-0.3, -0.25) is 14.1 Å². The lowest BCUT2D eigenvalue weighted by Gasteiger charge is -2.17. The molecule has 1 amide bonds. The van der Waals surface area contributed by atoms with E-state index < -0.39 is 16.3 Å². The normalized spacial score (nSPS) is 12.3. The van der Waals surface area contributed by atoms with E-state index in [0.717, 1.165) is 10.4 Å². The third-order valence-electron chi connectivity index (χ3n) is 4.81. The van der Waals surface area contributed by atoms with E-state index in [-0.39, 0.29) is 18.0 Å². The van der Waals surface area contributed by atoms with Crippen molar-refractivity contribution in [2.24, 2.45) is 0 Å². The summed E-state index contributed by atoms with van der Waals surface area (Å²) < 4.78 is 39.1. The van der Waals surface area contributed by atoms with Gasteiger partial charge in [0, 0.05) is 5.02 Å². The third kappa shape index (κ3) is 6.67. The molecule has 0 aliphatic carbocycles. The highest BCUT2D eigenvalue weighted by molar-refractivity contribution is 7.87. The van der Waals surface area contributed by atoms with Crippen molar-refractivity contribution in [2.75, 3.05) is 4.72 Å². The minimum atomic E-state index is -4.41. The summed E-state index contributed by atoms with van der Waals surface area (Å²) in [7, 11) is -4.41. The van der Waals surface area contributed by atoms with Crippen LogP contribution in [0.3, 0.4) is 0 Å². The van der Waals surface area contributed by atoms with Crippen LogP contribution in [0.15, 0.2) is 76.7 Å². The number of carbonyl (C=O) groups excluding carboxylic acids is 1. The number of oxazole rings is 1. The molecule has 11 heteroatoms. The van der Waals surface area contributed by atoms with Crippen LogP contribution in [0, 0.1) is 0 Å². The van der Waals surface area contributed by atoms with Crippen LogP contribution < -0.4 is 10.0 Å². The molecule has 0 fully saturated rings. The molecule has 176 valence electrons. The first-order chi connectivity index (χ1) is 16.2. The Morgan fingerprint density at radius 1 is 1.12 bits per heavy atom. The SMILES string of the molecule is O=C(Cc1cccc(Cl)c1)NC(Cc1cccc(NS(=O)(=O)O)c1)c1coc(-c2cccs2)n1. The van der Waals surface area contributed by atoms with Gasteiger partial charge >= 0.3 is 10.3 Å². The molecule has 1 atom stereocenters. The second kappa shape index (κ2) is 10.4. The van der Waals surface area contributed by atoms with Crippen molar-refractivity contribution < 1.29 is 22.2 Å². The van der Waals surface area contributed by atoms with Gasteiger partial charge in [-0.25, -0.2) is 4.98 Å². The second-order valence-electron chi connectivity index (χ2n) is 7.46. The Hall–Kier alpha value is -3.18. The van der Waals surface area contributed by atoms with E-state index >= 15 is 0 Å². The zero-order valence-corrected chi connectivity index (χ0v) is 20.0. The lowest BCUT2D eigenvalue weighted by Crippen LogP contribution is -2.31. The van der Waals surface area contributed by atoms with Gasteiger partial charge in [0.1, 0.15) is 12.0 Å². The van der Waals surface area contributed by atoms with E-state index in [9.17, 15) is 13.2 Å². The Labute approximate surface area is 205 Å². The van der Waals surface area contributed by atoms with Gasteiger partial charge in [-0.15, -0.1) is 11.3 Å². The molecule has 0 aliphatic rings. The van der Waals surface area contributed by atoms with Crippen LogP contribution in [-0.2, 0) is 27.9 Å². The number of nitrogens with one attached hydrogen (secondary N) is 2. The quantitative estimate of drug-likeness (QED) is 0.271. The molecular formula is C23H20ClN3O5S2. The minimum absolute atomic E-state index is 0.122. The zero-order chi connectivity index (χ0) is 24.1. The lowest BCUT2D eigenvalue weighted by atomic mass is 10.0. The first kappa shape index (κ1) is 24.0. The van der Waals surface area contributed by atoms with Crippen LogP contribution in [-0.4, -0.2) is 23.9 Å². The van der Waals surface area contributed by atoms with Crippen molar-refractivity contribution in [3.05, 3.63) is 94.2 Å². The Morgan fingerprint density at radius 2 is 1.91 bits per heavy atom. The third-order valence-corrected chi connectivity index (χ3v) is 6.40. The molecule has 0 saturated carbocycles. The van der Waals surface area contributed by atoms with Crippen LogP contribution in [0.1, 0.15) is 22.9 Å². The molecule has 0 spiro atoms. The van der Waals surface area contributed by atoms with E-state index in [2.05, 4.69) is 10.3 Å². The molecule has 3 N–H and O–H groups in total. The molecule has 2 aromatic carbocycles. The molecule has 4 aromatic rings. The number of nitrogens with zero attached hydrogens (tertiary/aromatic N) is 1. The molecule has 0 radical (unpaired) electrons. The number of rotatable bonds is 9. The predicted octanol–water partition coefficient (Wildman–Crippen LogP) is 4.91. The molecule has 0 saturated heterocycles. The Balaban J connectivity index is 1.57. The number of carbonyl (C=O) groups is 1. The van der Waals surface area contributed by atoms with Crippen LogP contribution in [0.2, 0.25) is 5.02 Å². The number of hydrogen-bond donors (Lipinski definition) is 3. The van der Waals surface area contributed by atoms with Crippen LogP contribution in [0.5, 0.6) is 0 Å². The molecule has 34 heavy (non-hydrogen) atoms. The standard InChI is InChI=1S/C23H20ClN3O5S2/c24-17-6-1-4-15(10-17)13-22(28)25-19(20-14-32-23(26-20)21-8-3-9-33-21)12-16-5-2-7-18(11-16)27-34(29,30)31/h1-11,14,19,27H,12-13H2,(H,25,28)(H,29,30,31). The number of thiophene rings is 1. The first-order valence-electron chi connectivity index (χ1n) is 10.1. The molecule has 0 aliphatic heterocycles.